The molecule has 1 saturated heterocycles. The summed E-state index contributed by atoms with van der Waals surface area (Å²) in [4.78, 5) is 19.2. The van der Waals surface area contributed by atoms with E-state index in [4.69, 9.17) is 11.6 Å². The third-order valence-corrected chi connectivity index (χ3v) is 5.16. The Morgan fingerprint density at radius 1 is 1.25 bits per heavy atom. The number of piperidine rings is 1. The molecule has 156 valence electrons. The molecule has 1 aliphatic heterocycles. The summed E-state index contributed by atoms with van der Waals surface area (Å²) in [5.41, 5.74) is 0.764. The van der Waals surface area contributed by atoms with Crippen LogP contribution in [0.3, 0.4) is 0 Å². The highest BCUT2D eigenvalue weighted by molar-refractivity contribution is 6.30. The molecule has 1 amide bonds. The lowest BCUT2D eigenvalue weighted by Crippen LogP contribution is -2.49. The average molecular weight is 408 g/mol. The normalized spacial score (nSPS) is 16.2. The van der Waals surface area contributed by atoms with Crippen LogP contribution < -0.4 is 16.0 Å². The molecule has 2 rings (SSSR count). The maximum Gasteiger partial charge on any atom is 0.224 e. The van der Waals surface area contributed by atoms with E-state index < -0.39 is 0 Å². The molecule has 1 aliphatic rings. The number of likely N-dealkylation sites (tertiary alicyclic amines) is 1. The van der Waals surface area contributed by atoms with Gasteiger partial charge in [0.1, 0.15) is 0 Å². The van der Waals surface area contributed by atoms with Crippen LogP contribution in [0.25, 0.3) is 0 Å². The zero-order chi connectivity index (χ0) is 20.4. The number of nitrogens with one attached hydrogen (secondary N) is 3. The van der Waals surface area contributed by atoms with E-state index in [0.29, 0.717) is 36.5 Å². The van der Waals surface area contributed by atoms with Crippen LogP contribution in [-0.4, -0.2) is 55.0 Å². The van der Waals surface area contributed by atoms with E-state index >= 15 is 0 Å². The third kappa shape index (κ3) is 8.07. The van der Waals surface area contributed by atoms with Gasteiger partial charge in [-0.3, -0.25) is 9.79 Å². The summed E-state index contributed by atoms with van der Waals surface area (Å²) in [6.45, 7) is 10.3. The quantitative estimate of drug-likeness (QED) is 0.350. The fourth-order valence-corrected chi connectivity index (χ4v) is 3.39. The van der Waals surface area contributed by atoms with Gasteiger partial charge in [-0.15, -0.1) is 0 Å². The number of benzene rings is 1. The Hall–Kier alpha value is -1.79. The van der Waals surface area contributed by atoms with Gasteiger partial charge in [-0.1, -0.05) is 11.6 Å². The number of carbonyl (C=O) groups is 1. The Bertz CT molecular complexity index is 624. The lowest BCUT2D eigenvalue weighted by atomic mass is 10.0. The topological polar surface area (TPSA) is 68.8 Å². The number of amides is 1. The van der Waals surface area contributed by atoms with E-state index in [1.807, 2.05) is 0 Å². The van der Waals surface area contributed by atoms with Crippen LogP contribution in [0.15, 0.2) is 29.3 Å². The number of halogens is 1. The maximum absolute atomic E-state index is 12.0. The molecule has 0 aliphatic carbocycles. The van der Waals surface area contributed by atoms with Gasteiger partial charge in [0.05, 0.1) is 0 Å². The fourth-order valence-electron chi connectivity index (χ4n) is 3.26. The van der Waals surface area contributed by atoms with Gasteiger partial charge < -0.3 is 20.9 Å². The minimum absolute atomic E-state index is 0.00320. The van der Waals surface area contributed by atoms with Crippen LogP contribution in [0.4, 0.5) is 5.69 Å². The van der Waals surface area contributed by atoms with Crippen molar-refractivity contribution >= 4 is 29.2 Å². The number of anilines is 1. The maximum atomic E-state index is 12.0. The largest absolute Gasteiger partial charge is 0.357 e. The molecular formula is C21H34ClN5O. The number of hydrogen-bond acceptors (Lipinski definition) is 3. The second-order valence-corrected chi connectivity index (χ2v) is 7.90. The van der Waals surface area contributed by atoms with Crippen LogP contribution >= 0.6 is 11.6 Å². The minimum atomic E-state index is -0.00320. The Balaban J connectivity index is 1.71. The molecule has 0 bridgehead atoms. The molecule has 0 radical (unpaired) electrons. The first-order valence-corrected chi connectivity index (χ1v) is 10.7. The van der Waals surface area contributed by atoms with Gasteiger partial charge in [0, 0.05) is 55.4 Å². The van der Waals surface area contributed by atoms with Crippen molar-refractivity contribution in [1.82, 2.24) is 15.5 Å². The Morgan fingerprint density at radius 3 is 2.54 bits per heavy atom. The van der Waals surface area contributed by atoms with Gasteiger partial charge in [0.15, 0.2) is 5.96 Å². The van der Waals surface area contributed by atoms with Crippen LogP contribution in [0.1, 0.15) is 46.5 Å². The zero-order valence-electron chi connectivity index (χ0n) is 17.3. The number of guanidine groups is 1. The van der Waals surface area contributed by atoms with Crippen molar-refractivity contribution in [1.29, 1.82) is 0 Å². The number of carbonyl (C=O) groups excluding carboxylic acids is 1. The molecule has 6 nitrogen and oxygen atoms in total. The van der Waals surface area contributed by atoms with E-state index in [0.717, 1.165) is 44.1 Å². The van der Waals surface area contributed by atoms with E-state index in [-0.39, 0.29) is 5.91 Å². The van der Waals surface area contributed by atoms with E-state index in [1.54, 1.807) is 24.3 Å². The molecule has 7 heteroatoms. The standard InChI is InChI=1S/C21H34ClN5O/c1-4-23-21(26-19-11-14-27(15-12-19)16(2)3)24-13-5-6-20(28)25-18-9-7-17(22)8-10-18/h7-10,16,19H,4-6,11-15H2,1-3H3,(H,25,28)(H2,23,24,26). The predicted molar refractivity (Wildman–Crippen MR) is 118 cm³/mol. The summed E-state index contributed by atoms with van der Waals surface area (Å²) >= 11 is 5.85. The first-order chi connectivity index (χ1) is 13.5. The average Bonchev–Trinajstić information content (AvgIpc) is 2.67. The molecule has 1 aromatic rings. The zero-order valence-corrected chi connectivity index (χ0v) is 18.1. The number of aliphatic imine (C=N–C) groups is 1. The molecule has 0 aromatic heterocycles. The lowest BCUT2D eigenvalue weighted by Gasteiger charge is -2.35. The Morgan fingerprint density at radius 2 is 1.93 bits per heavy atom. The summed E-state index contributed by atoms with van der Waals surface area (Å²) in [5.74, 6) is 0.847. The van der Waals surface area contributed by atoms with E-state index in [2.05, 4.69) is 46.6 Å². The fraction of sp³-hybridized carbons (Fsp3) is 0.619. The number of hydrogen-bond donors (Lipinski definition) is 3. The van der Waals surface area contributed by atoms with Crippen LogP contribution in [0.5, 0.6) is 0 Å². The second kappa shape index (κ2) is 11.9. The van der Waals surface area contributed by atoms with Crippen molar-refractivity contribution in [3.8, 4) is 0 Å². The van der Waals surface area contributed by atoms with Gasteiger partial charge in [0.2, 0.25) is 5.91 Å². The minimum Gasteiger partial charge on any atom is -0.357 e. The summed E-state index contributed by atoms with van der Waals surface area (Å²) in [6, 6.07) is 8.21. The third-order valence-electron chi connectivity index (χ3n) is 4.90. The molecular weight excluding hydrogens is 374 g/mol. The van der Waals surface area contributed by atoms with Gasteiger partial charge in [-0.05, 0) is 64.3 Å². The molecule has 0 atom stereocenters. The van der Waals surface area contributed by atoms with Crippen LogP contribution in [-0.2, 0) is 4.79 Å². The van der Waals surface area contributed by atoms with Crippen LogP contribution in [0.2, 0.25) is 5.02 Å². The second-order valence-electron chi connectivity index (χ2n) is 7.47. The SMILES string of the molecule is CCNC(=NCCCC(=O)Nc1ccc(Cl)cc1)NC1CCN(C(C)C)CC1. The molecule has 3 N–H and O–H groups in total. The molecule has 0 unspecified atom stereocenters. The number of nitrogens with zero attached hydrogens (tertiary/aromatic N) is 2. The Kier molecular flexibility index (Phi) is 9.58. The molecule has 0 spiro atoms. The van der Waals surface area contributed by atoms with Gasteiger partial charge in [-0.2, -0.15) is 0 Å². The first kappa shape index (κ1) is 22.5. The van der Waals surface area contributed by atoms with Crippen molar-refractivity contribution < 1.29 is 4.79 Å². The van der Waals surface area contributed by atoms with Gasteiger partial charge in [0.25, 0.3) is 0 Å². The predicted octanol–water partition coefficient (Wildman–Crippen LogP) is 3.49. The van der Waals surface area contributed by atoms with Crippen molar-refractivity contribution in [2.45, 2.75) is 58.5 Å². The smallest absolute Gasteiger partial charge is 0.224 e. The number of rotatable bonds is 8. The Labute approximate surface area is 174 Å². The molecule has 1 fully saturated rings. The molecule has 0 saturated carbocycles. The molecule has 28 heavy (non-hydrogen) atoms. The first-order valence-electron chi connectivity index (χ1n) is 10.3. The highest BCUT2D eigenvalue weighted by Gasteiger charge is 2.21. The highest BCUT2D eigenvalue weighted by atomic mass is 35.5. The van der Waals surface area contributed by atoms with Crippen molar-refractivity contribution in [3.63, 3.8) is 0 Å². The van der Waals surface area contributed by atoms with Gasteiger partial charge in [-0.25, -0.2) is 0 Å². The molecule has 1 heterocycles. The summed E-state index contributed by atoms with van der Waals surface area (Å²) < 4.78 is 0. The van der Waals surface area contributed by atoms with Gasteiger partial charge >= 0.3 is 0 Å². The van der Waals surface area contributed by atoms with Crippen molar-refractivity contribution in [2.24, 2.45) is 4.99 Å². The van der Waals surface area contributed by atoms with Crippen molar-refractivity contribution in [3.05, 3.63) is 29.3 Å². The summed E-state index contributed by atoms with van der Waals surface area (Å²) in [5, 5.41) is 10.4. The highest BCUT2D eigenvalue weighted by Crippen LogP contribution is 2.14. The summed E-state index contributed by atoms with van der Waals surface area (Å²) in [6.07, 6.45) is 3.41. The summed E-state index contributed by atoms with van der Waals surface area (Å²) in [7, 11) is 0. The van der Waals surface area contributed by atoms with E-state index in [9.17, 15) is 4.79 Å². The van der Waals surface area contributed by atoms with E-state index in [1.165, 1.54) is 0 Å². The molecule has 1 aromatic carbocycles. The van der Waals surface area contributed by atoms with Crippen molar-refractivity contribution in [2.75, 3.05) is 31.5 Å². The lowest BCUT2D eigenvalue weighted by molar-refractivity contribution is -0.116. The van der Waals surface area contributed by atoms with Crippen LogP contribution in [0, 0.1) is 0 Å². The monoisotopic (exact) mass is 407 g/mol.